The number of primary amides is 1. The van der Waals surface area contributed by atoms with Crippen LogP contribution >= 0.6 is 0 Å². The summed E-state index contributed by atoms with van der Waals surface area (Å²) in [6.07, 6.45) is 14.8. The predicted molar refractivity (Wildman–Crippen MR) is 512 cm³/mol. The van der Waals surface area contributed by atoms with Gasteiger partial charge >= 0.3 is 59.0 Å². The second-order valence-electron chi connectivity index (χ2n) is 26.2. The number of azo groups is 2. The summed E-state index contributed by atoms with van der Waals surface area (Å²) in [6, 6.07) is 60.2. The molecule has 16 N–H and O–H groups in total. The molecule has 15 aromatic rings. The molecule has 0 unspecified atom stereocenters. The van der Waals surface area contributed by atoms with E-state index in [1.165, 1.54) is 60.5 Å². The largest absolute Gasteiger partial charge is 1.00 e. The summed E-state index contributed by atoms with van der Waals surface area (Å²) in [5.74, 6) is 7.30. The number of hydrazine groups is 1. The Hall–Kier alpha value is -19.2. The van der Waals surface area contributed by atoms with Crippen LogP contribution in [0, 0.1) is 55.4 Å². The molecule has 0 radical (unpaired) electrons. The van der Waals surface area contributed by atoms with Gasteiger partial charge in [-0.25, -0.2) is 65.6 Å². The normalized spacial score (nSPS) is 9.86. The number of nitrogen functional groups attached to an aromatic ring is 4. The molecule has 710 valence electrons. The summed E-state index contributed by atoms with van der Waals surface area (Å²) in [5.41, 5.74) is 27.3. The number of esters is 2. The third-order valence-electron chi connectivity index (χ3n) is 17.0. The number of hydrogen-bond acceptors (Lipinski definition) is 38. The van der Waals surface area contributed by atoms with Gasteiger partial charge < -0.3 is 76.8 Å². The zero-order valence-corrected chi connectivity index (χ0v) is 78.6. The van der Waals surface area contributed by atoms with Gasteiger partial charge in [0.1, 0.15) is 93.3 Å². The molecule has 0 atom stereocenters. The topological polar surface area (TPSA) is 720 Å². The van der Waals surface area contributed by atoms with Crippen molar-refractivity contribution < 1.29 is 86.6 Å². The first-order valence-electron chi connectivity index (χ1n) is 40.7. The number of allylic oxidation sites excluding steroid dienone is 3. The van der Waals surface area contributed by atoms with Crippen molar-refractivity contribution in [1.29, 1.82) is 21.0 Å². The summed E-state index contributed by atoms with van der Waals surface area (Å²) in [5, 5.41) is 62.5. The first kappa shape index (κ1) is 111. The van der Waals surface area contributed by atoms with Gasteiger partial charge in [0.15, 0.2) is 5.75 Å². The first-order chi connectivity index (χ1) is 67.2. The van der Waals surface area contributed by atoms with E-state index in [0.29, 0.717) is 127 Å². The number of hydrogen-bond donors (Lipinski definition) is 11. The zero-order valence-electron chi connectivity index (χ0n) is 76.6. The van der Waals surface area contributed by atoms with E-state index >= 15 is 0 Å². The Labute approximate surface area is 818 Å². The van der Waals surface area contributed by atoms with Gasteiger partial charge in [0.2, 0.25) is 17.7 Å². The van der Waals surface area contributed by atoms with Gasteiger partial charge in [0.25, 0.3) is 28.9 Å². The number of anilines is 6. The number of H-pyrrole nitrogens is 3. The minimum absolute atomic E-state index is 0. The molecule has 48 heteroatoms. The number of urea groups is 1. The van der Waals surface area contributed by atoms with Gasteiger partial charge in [0.05, 0.1) is 110 Å². The molecule has 7 aromatic carbocycles. The standard InChI is InChI=1S/C24H16N10O3.C17H15N3O3.C12H12N2O3.C8H6N6.C8H14O3.C7H8N2O.C7H9NO.C5H4N2.C4H6N4.HNO2.Na/c1-37-19-10-5-4-9-18(19)30-24(36)34(23-29-17-8-3-2-7-16(17)21(35)31-23)32-20-15(13-25)14-28-33(20)22-26-11-6-12-27-22;1-23-14-9-5-4-8-13(14)19-16(21)10-15-18-12-7-3-2-6-11(12)17(22)20-15;1-2-17-11(15)7-10-13-9-6-4-3-5-8(9)12(16)14-10;9-4-6-5-13-14(7(6)10)8-11-2-1-3-12-8;1-4-10-7(3)6-8(9)11-5-2;8-6-4-2-1-3-5(6)7(9)10;1-9-7-5-3-2-4-6(7)8;1-2-5(3-6)4-7;5-8-4-6-2-1-3-7-4;2-1-3;/h2-12,14H,1H3,(H-,29,30,31,35,36);2-9H,10H2,1H3,(H,19,21)(H,18,20,22);3-6H,2,7H2,1H3,(H,13,14,16);1-3,5H,10H2;6H,4-5H2,1-3H3;1-4H,8H2,(H2,9,10);2-5H,8H2,1H3;2H,1H3;1-3H,5H2,(H,6,7,8);(H,2,3);/q;;;;;;;;;;+1/b;;;;7-6-;;;;;;. The number of aromatic amines is 3. The number of methoxy groups -OCH3 is 3. The molecule has 4 amide bonds. The maximum absolute atomic E-state index is 13.6. The SMILES string of the molecule is CC=C(C#N)C#N.CCOC(=O)/C=C(/C)OCC.CCOC(=O)Cc1nc2ccccc2c(=O)[nH]1.COc1ccccc1N.COc1ccccc1NC(=O)Cc1nc2ccccc2c(=O)[nH]1.COc1ccccc1NC(=O)[N+](=Nc1c(C#N)cnn1-c1ncccn1)c1nc2ccccc2c(=O)[nH]1.N#Cc1cnn(-c2ncccn2)c1N.NC(=O)c1ccccc1N.NNc1ncccn1.O=N[O-].[Na+]. The van der Waals surface area contributed by atoms with Crippen molar-refractivity contribution in [2.24, 2.45) is 22.0 Å². The molecular weight excluding hydrogens is 1820 g/mol. The number of ether oxygens (including phenoxy) is 6. The molecule has 0 saturated carbocycles. The Morgan fingerprint density at radius 3 is 1.38 bits per heavy atom. The molecule has 0 fully saturated rings. The summed E-state index contributed by atoms with van der Waals surface area (Å²) in [4.78, 5) is 147. The molecule has 15 rings (SSSR count). The van der Waals surface area contributed by atoms with Crippen LogP contribution in [0.4, 0.5) is 51.1 Å². The maximum Gasteiger partial charge on any atom is 1.00 e. The maximum atomic E-state index is 13.6. The number of benzene rings is 7. The number of nitrogens with zero attached hydrogens (tertiary/aromatic N) is 20. The molecule has 140 heavy (non-hydrogen) atoms. The number of carbonyl (C=O) groups is 5. The fourth-order valence-electron chi connectivity index (χ4n) is 10.9. The molecular formula is C92H91N31NaO16+. The predicted octanol–water partition coefficient (Wildman–Crippen LogP) is 7.83. The van der Waals surface area contributed by atoms with Crippen molar-refractivity contribution >= 4 is 109 Å². The number of carbonyl (C=O) groups excluding carboxylic acids is 5. The molecule has 0 aliphatic rings. The van der Waals surface area contributed by atoms with Crippen molar-refractivity contribution in [3.63, 3.8) is 0 Å². The van der Waals surface area contributed by atoms with E-state index in [4.69, 9.17) is 78.4 Å². The van der Waals surface area contributed by atoms with Gasteiger partial charge in [0, 0.05) is 42.9 Å². The Morgan fingerprint density at radius 2 is 0.950 bits per heavy atom. The quantitative estimate of drug-likeness (QED) is 0.00296. The van der Waals surface area contributed by atoms with E-state index in [-0.39, 0.29) is 100 Å². The summed E-state index contributed by atoms with van der Waals surface area (Å²) in [6.45, 7) is 10.0. The number of para-hydroxylation sites is 10. The molecule has 0 aliphatic carbocycles. The molecule has 0 aliphatic heterocycles. The van der Waals surface area contributed by atoms with Crippen LogP contribution in [0.2, 0.25) is 0 Å². The Morgan fingerprint density at radius 1 is 0.529 bits per heavy atom. The van der Waals surface area contributed by atoms with E-state index in [9.17, 15) is 43.6 Å². The molecule has 0 saturated heterocycles. The second-order valence-corrected chi connectivity index (χ2v) is 26.2. The molecule has 8 heterocycles. The Balaban J connectivity index is 0.000000293. The van der Waals surface area contributed by atoms with Crippen molar-refractivity contribution in [3.05, 3.63) is 331 Å². The minimum Gasteiger partial charge on any atom is -0.498 e. The van der Waals surface area contributed by atoms with Gasteiger partial charge in [-0.1, -0.05) is 101 Å². The average Bonchev–Trinajstić information content (AvgIpc) is 1.45. The van der Waals surface area contributed by atoms with E-state index in [1.54, 1.807) is 236 Å². The Kier molecular flexibility index (Phi) is 48.3. The summed E-state index contributed by atoms with van der Waals surface area (Å²) >= 11 is 0. The number of aromatic nitrogens is 16. The van der Waals surface area contributed by atoms with Gasteiger partial charge in [-0.2, -0.15) is 40.6 Å². The molecule has 0 bridgehead atoms. The fraction of sp³-hybridized carbons (Fsp3) is 0.141. The summed E-state index contributed by atoms with van der Waals surface area (Å²) in [7, 11) is 4.60. The number of nitrogens with two attached hydrogens (primary N) is 5. The van der Waals surface area contributed by atoms with Crippen LogP contribution in [0.25, 0.3) is 44.6 Å². The third kappa shape index (κ3) is 35.7. The molecule has 0 spiro atoms. The molecule has 47 nitrogen and oxygen atoms in total. The fourth-order valence-corrected chi connectivity index (χ4v) is 10.9. The number of fused-ring (bicyclic) bond motifs is 3. The van der Waals surface area contributed by atoms with Crippen molar-refractivity contribution in [2.45, 2.75) is 47.5 Å². The third-order valence-corrected chi connectivity index (χ3v) is 17.0. The second kappa shape index (κ2) is 60.7. The van der Waals surface area contributed by atoms with Crippen LogP contribution < -0.4 is 105 Å². The van der Waals surface area contributed by atoms with Gasteiger partial charge in [-0.3, -0.25) is 34.2 Å². The monoisotopic (exact) mass is 1910 g/mol. The number of amides is 4. The summed E-state index contributed by atoms with van der Waals surface area (Å²) < 4.78 is 33.2. The van der Waals surface area contributed by atoms with Crippen LogP contribution in [0.1, 0.15) is 67.8 Å². The van der Waals surface area contributed by atoms with Crippen molar-refractivity contribution in [2.75, 3.05) is 74.4 Å². The van der Waals surface area contributed by atoms with E-state index in [1.807, 2.05) is 43.3 Å². The van der Waals surface area contributed by atoms with Gasteiger partial charge in [-0.05, 0) is 138 Å². The average molecular weight is 1910 g/mol. The van der Waals surface area contributed by atoms with E-state index in [2.05, 4.69) is 95.9 Å². The minimum atomic E-state index is -0.798. The number of nitriles is 4. The van der Waals surface area contributed by atoms with Crippen LogP contribution in [0.5, 0.6) is 17.2 Å². The van der Waals surface area contributed by atoms with Crippen LogP contribution in [-0.4, -0.2) is 155 Å². The smallest absolute Gasteiger partial charge is 0.498 e. The van der Waals surface area contributed by atoms with E-state index in [0.717, 1.165) is 15.8 Å². The van der Waals surface area contributed by atoms with E-state index < -0.39 is 23.5 Å². The molecule has 8 aromatic heterocycles. The zero-order chi connectivity index (χ0) is 101. The Bertz CT molecular complexity index is 7080. The number of rotatable bonds is 20. The van der Waals surface area contributed by atoms with Gasteiger partial charge in [-0.15, -0.1) is 10.3 Å². The first-order valence-corrected chi connectivity index (χ1v) is 40.7. The van der Waals surface area contributed by atoms with Crippen LogP contribution in [0.3, 0.4) is 0 Å². The van der Waals surface area contributed by atoms with Crippen molar-refractivity contribution in [1.82, 2.24) is 79.4 Å². The van der Waals surface area contributed by atoms with Crippen LogP contribution in [0.15, 0.2) is 286 Å². The number of nitrogens with one attached hydrogen (secondary N) is 6. The van der Waals surface area contributed by atoms with Crippen LogP contribution in [-0.2, 0) is 41.4 Å². The van der Waals surface area contributed by atoms with Crippen molar-refractivity contribution in [3.8, 4) is 53.4 Å².